The van der Waals surface area contributed by atoms with Crippen LogP contribution in [0.3, 0.4) is 0 Å². The van der Waals surface area contributed by atoms with Crippen molar-refractivity contribution in [2.24, 2.45) is 7.05 Å². The summed E-state index contributed by atoms with van der Waals surface area (Å²) in [6, 6.07) is 0. The van der Waals surface area contributed by atoms with E-state index in [2.05, 4.69) is 15.6 Å². The summed E-state index contributed by atoms with van der Waals surface area (Å²) in [6.07, 6.45) is 9.88. The second kappa shape index (κ2) is 2.53. The molecule has 0 bridgehead atoms. The molecular weight excluding hydrogens is 136 g/mol. The van der Waals surface area contributed by atoms with Crippen molar-refractivity contribution in [2.45, 2.75) is 19.3 Å². The van der Waals surface area contributed by atoms with Crippen molar-refractivity contribution in [1.82, 2.24) is 9.55 Å². The van der Waals surface area contributed by atoms with Crippen LogP contribution in [0.2, 0.25) is 0 Å². The molecule has 2 rings (SSSR count). The van der Waals surface area contributed by atoms with Crippen LogP contribution in [0, 0.1) is 0 Å². The first-order chi connectivity index (χ1) is 5.38. The molecule has 2 heteroatoms. The second-order valence-corrected chi connectivity index (χ2v) is 3.01. The highest BCUT2D eigenvalue weighted by Gasteiger charge is 2.09. The minimum absolute atomic E-state index is 1.22. The standard InChI is InChI=1S/C9H12N2/c1-11-7-10-6-9(11)8-4-2-3-5-8/h4,6-7H,2-3,5H2,1H3. The van der Waals surface area contributed by atoms with Gasteiger partial charge in [-0.25, -0.2) is 4.98 Å². The van der Waals surface area contributed by atoms with E-state index in [0.717, 1.165) is 0 Å². The summed E-state index contributed by atoms with van der Waals surface area (Å²) in [6.45, 7) is 0. The molecule has 0 aliphatic heterocycles. The zero-order chi connectivity index (χ0) is 7.68. The highest BCUT2D eigenvalue weighted by Crippen LogP contribution is 2.26. The van der Waals surface area contributed by atoms with E-state index in [4.69, 9.17) is 0 Å². The van der Waals surface area contributed by atoms with Crippen molar-refractivity contribution in [3.63, 3.8) is 0 Å². The topological polar surface area (TPSA) is 17.8 Å². The van der Waals surface area contributed by atoms with Crippen LogP contribution in [0.15, 0.2) is 18.6 Å². The number of imidazole rings is 1. The largest absolute Gasteiger partial charge is 0.334 e. The molecule has 0 saturated heterocycles. The zero-order valence-electron chi connectivity index (χ0n) is 6.75. The van der Waals surface area contributed by atoms with Crippen molar-refractivity contribution >= 4 is 5.57 Å². The third kappa shape index (κ3) is 1.09. The van der Waals surface area contributed by atoms with E-state index in [1.165, 1.54) is 30.5 Å². The highest BCUT2D eigenvalue weighted by atomic mass is 15.0. The second-order valence-electron chi connectivity index (χ2n) is 3.01. The lowest BCUT2D eigenvalue weighted by Crippen LogP contribution is -1.91. The molecule has 1 aromatic heterocycles. The van der Waals surface area contributed by atoms with Gasteiger partial charge in [0, 0.05) is 7.05 Å². The molecule has 0 atom stereocenters. The summed E-state index contributed by atoms with van der Waals surface area (Å²) in [5.41, 5.74) is 2.74. The highest BCUT2D eigenvalue weighted by molar-refractivity contribution is 5.64. The van der Waals surface area contributed by atoms with Crippen LogP contribution in [0.25, 0.3) is 5.57 Å². The Morgan fingerprint density at radius 3 is 3.00 bits per heavy atom. The first-order valence-corrected chi connectivity index (χ1v) is 4.03. The van der Waals surface area contributed by atoms with Crippen molar-refractivity contribution in [1.29, 1.82) is 0 Å². The van der Waals surface area contributed by atoms with E-state index < -0.39 is 0 Å². The average Bonchev–Trinajstić information content (AvgIpc) is 2.55. The third-order valence-electron chi connectivity index (χ3n) is 2.19. The molecule has 11 heavy (non-hydrogen) atoms. The quantitative estimate of drug-likeness (QED) is 0.595. The van der Waals surface area contributed by atoms with Gasteiger partial charge >= 0.3 is 0 Å². The Morgan fingerprint density at radius 1 is 1.55 bits per heavy atom. The molecule has 2 nitrogen and oxygen atoms in total. The van der Waals surface area contributed by atoms with Gasteiger partial charge in [0.05, 0.1) is 18.2 Å². The van der Waals surface area contributed by atoms with E-state index in [0.29, 0.717) is 0 Å². The Morgan fingerprint density at radius 2 is 2.45 bits per heavy atom. The van der Waals surface area contributed by atoms with Crippen LogP contribution in [-0.2, 0) is 7.05 Å². The monoisotopic (exact) mass is 148 g/mol. The van der Waals surface area contributed by atoms with Crippen molar-refractivity contribution < 1.29 is 0 Å². The van der Waals surface area contributed by atoms with Gasteiger partial charge in [-0.05, 0) is 24.8 Å². The van der Waals surface area contributed by atoms with Gasteiger partial charge in [-0.15, -0.1) is 0 Å². The summed E-state index contributed by atoms with van der Waals surface area (Å²) < 4.78 is 2.08. The van der Waals surface area contributed by atoms with Crippen LogP contribution < -0.4 is 0 Å². The van der Waals surface area contributed by atoms with Crippen molar-refractivity contribution in [3.8, 4) is 0 Å². The summed E-state index contributed by atoms with van der Waals surface area (Å²) in [5, 5.41) is 0. The maximum atomic E-state index is 4.09. The third-order valence-corrected chi connectivity index (χ3v) is 2.19. The lowest BCUT2D eigenvalue weighted by atomic mass is 10.2. The smallest absolute Gasteiger partial charge is 0.0948 e. The molecule has 0 aromatic carbocycles. The fraction of sp³-hybridized carbons (Fsp3) is 0.444. The summed E-state index contributed by atoms with van der Waals surface area (Å²) in [7, 11) is 2.04. The molecule has 1 aliphatic rings. The van der Waals surface area contributed by atoms with Gasteiger partial charge in [-0.2, -0.15) is 0 Å². The van der Waals surface area contributed by atoms with Crippen molar-refractivity contribution in [2.75, 3.05) is 0 Å². The van der Waals surface area contributed by atoms with Crippen LogP contribution in [0.5, 0.6) is 0 Å². The number of rotatable bonds is 1. The van der Waals surface area contributed by atoms with Crippen molar-refractivity contribution in [3.05, 3.63) is 24.3 Å². The average molecular weight is 148 g/mol. The number of hydrogen-bond donors (Lipinski definition) is 0. The van der Waals surface area contributed by atoms with Crippen LogP contribution in [-0.4, -0.2) is 9.55 Å². The van der Waals surface area contributed by atoms with Crippen LogP contribution >= 0.6 is 0 Å². The number of hydrogen-bond acceptors (Lipinski definition) is 1. The maximum Gasteiger partial charge on any atom is 0.0948 e. The molecule has 0 saturated carbocycles. The van der Waals surface area contributed by atoms with E-state index in [1.54, 1.807) is 0 Å². The maximum absolute atomic E-state index is 4.09. The Bertz CT molecular complexity index is 284. The molecule has 1 aromatic rings. The SMILES string of the molecule is Cn1cncc1C1=CCCC1. The predicted octanol–water partition coefficient (Wildman–Crippen LogP) is 1.99. The summed E-state index contributed by atoms with van der Waals surface area (Å²) >= 11 is 0. The number of aryl methyl sites for hydroxylation is 1. The van der Waals surface area contributed by atoms with E-state index in [1.807, 2.05) is 19.6 Å². The van der Waals surface area contributed by atoms with Crippen LogP contribution in [0.1, 0.15) is 25.0 Å². The van der Waals surface area contributed by atoms with Gasteiger partial charge in [-0.1, -0.05) is 6.08 Å². The zero-order valence-corrected chi connectivity index (χ0v) is 6.75. The molecule has 58 valence electrons. The molecule has 0 amide bonds. The molecule has 1 heterocycles. The number of nitrogens with zero attached hydrogens (tertiary/aromatic N) is 2. The first-order valence-electron chi connectivity index (χ1n) is 4.03. The van der Waals surface area contributed by atoms with Gasteiger partial charge in [0.2, 0.25) is 0 Å². The van der Waals surface area contributed by atoms with Gasteiger partial charge in [0.25, 0.3) is 0 Å². The molecule has 0 N–H and O–H groups in total. The normalized spacial score (nSPS) is 17.0. The van der Waals surface area contributed by atoms with E-state index in [-0.39, 0.29) is 0 Å². The Kier molecular flexibility index (Phi) is 1.53. The number of aromatic nitrogens is 2. The minimum Gasteiger partial charge on any atom is -0.334 e. The Hall–Kier alpha value is -1.05. The molecule has 0 unspecified atom stereocenters. The number of allylic oxidation sites excluding steroid dienone is 2. The Labute approximate surface area is 66.6 Å². The first kappa shape index (κ1) is 6.65. The van der Waals surface area contributed by atoms with Crippen LogP contribution in [0.4, 0.5) is 0 Å². The van der Waals surface area contributed by atoms with E-state index >= 15 is 0 Å². The molecule has 0 fully saturated rings. The Balaban J connectivity index is 2.35. The van der Waals surface area contributed by atoms with Gasteiger partial charge < -0.3 is 4.57 Å². The predicted molar refractivity (Wildman–Crippen MR) is 45.0 cm³/mol. The molecule has 1 aliphatic carbocycles. The van der Waals surface area contributed by atoms with Gasteiger partial charge in [-0.3, -0.25) is 0 Å². The summed E-state index contributed by atoms with van der Waals surface area (Å²) in [4.78, 5) is 4.09. The molecular formula is C9H12N2. The van der Waals surface area contributed by atoms with Gasteiger partial charge in [0.15, 0.2) is 0 Å². The lowest BCUT2D eigenvalue weighted by molar-refractivity contribution is 0.880. The molecule has 0 radical (unpaired) electrons. The fourth-order valence-corrected chi connectivity index (χ4v) is 1.57. The summed E-state index contributed by atoms with van der Waals surface area (Å²) in [5.74, 6) is 0. The lowest BCUT2D eigenvalue weighted by Gasteiger charge is -2.00. The minimum atomic E-state index is 1.22. The van der Waals surface area contributed by atoms with E-state index in [9.17, 15) is 0 Å². The van der Waals surface area contributed by atoms with Gasteiger partial charge in [0.1, 0.15) is 0 Å². The fourth-order valence-electron chi connectivity index (χ4n) is 1.57. The molecule has 0 spiro atoms.